The quantitative estimate of drug-likeness (QED) is 0.210. The molecule has 0 fully saturated rings. The molecule has 0 aliphatic carbocycles. The first kappa shape index (κ1) is 32.2. The van der Waals surface area contributed by atoms with Crippen LogP contribution in [0.4, 0.5) is 10.1 Å². The summed E-state index contributed by atoms with van der Waals surface area (Å²) in [6.07, 6.45) is 0.910. The summed E-state index contributed by atoms with van der Waals surface area (Å²) >= 11 is 0. The van der Waals surface area contributed by atoms with Gasteiger partial charge in [-0.05, 0) is 66.1 Å². The first-order chi connectivity index (χ1) is 21.2. The van der Waals surface area contributed by atoms with E-state index in [0.717, 1.165) is 34.1 Å². The summed E-state index contributed by atoms with van der Waals surface area (Å²) in [6.45, 7) is 1.77. The smallest absolute Gasteiger partial charge is 0.264 e. The molecule has 8 nitrogen and oxygen atoms in total. The molecular formula is C34H36FN3O5S. The number of halogens is 1. The van der Waals surface area contributed by atoms with Gasteiger partial charge < -0.3 is 15.0 Å². The number of sulfonamides is 1. The zero-order chi connectivity index (χ0) is 31.5. The molecule has 4 aromatic carbocycles. The van der Waals surface area contributed by atoms with Crippen LogP contribution in [0.5, 0.6) is 5.75 Å². The molecule has 4 rings (SSSR count). The fourth-order valence-electron chi connectivity index (χ4n) is 4.74. The molecule has 1 atom stereocenters. The third-order valence-electron chi connectivity index (χ3n) is 7.03. The first-order valence-electron chi connectivity index (χ1n) is 14.3. The summed E-state index contributed by atoms with van der Waals surface area (Å²) in [5.74, 6) is -0.943. The Morgan fingerprint density at radius 2 is 1.50 bits per heavy atom. The van der Waals surface area contributed by atoms with Crippen LogP contribution in [0.25, 0.3) is 0 Å². The average molecular weight is 618 g/mol. The maximum atomic E-state index is 14.4. The fourth-order valence-corrected chi connectivity index (χ4v) is 6.16. The molecule has 44 heavy (non-hydrogen) atoms. The molecule has 1 N–H and O–H groups in total. The highest BCUT2D eigenvalue weighted by atomic mass is 32.2. The third kappa shape index (κ3) is 8.23. The molecule has 1 unspecified atom stereocenters. The summed E-state index contributed by atoms with van der Waals surface area (Å²) in [4.78, 5) is 29.3. The first-order valence-corrected chi connectivity index (χ1v) is 15.7. The van der Waals surface area contributed by atoms with E-state index in [1.807, 2.05) is 43.3 Å². The second-order valence-corrected chi connectivity index (χ2v) is 12.0. The minimum atomic E-state index is -4.30. The topological polar surface area (TPSA) is 96.0 Å². The van der Waals surface area contributed by atoms with E-state index in [1.54, 1.807) is 48.5 Å². The highest BCUT2D eigenvalue weighted by Crippen LogP contribution is 2.25. The Labute approximate surface area is 258 Å². The SMILES string of the molecule is CCCNC(=O)C(Cc1ccccc1)N(Cc1cccc(OC)c1)C(=O)CN(c1ccccc1)S(=O)(=O)c1ccc(F)cc1. The van der Waals surface area contributed by atoms with Crippen molar-refractivity contribution in [3.8, 4) is 5.75 Å². The molecule has 0 radical (unpaired) electrons. The number of amides is 2. The normalized spacial score (nSPS) is 11.8. The predicted molar refractivity (Wildman–Crippen MR) is 168 cm³/mol. The second-order valence-electron chi connectivity index (χ2n) is 10.2. The summed E-state index contributed by atoms with van der Waals surface area (Å²) in [6, 6.07) is 28.2. The number of rotatable bonds is 14. The average Bonchev–Trinajstić information content (AvgIpc) is 3.05. The van der Waals surface area contributed by atoms with Crippen LogP contribution >= 0.6 is 0 Å². The number of methoxy groups -OCH3 is 1. The van der Waals surface area contributed by atoms with Gasteiger partial charge in [0.2, 0.25) is 11.8 Å². The van der Waals surface area contributed by atoms with E-state index in [2.05, 4.69) is 5.32 Å². The van der Waals surface area contributed by atoms with E-state index in [0.29, 0.717) is 24.3 Å². The molecule has 10 heteroatoms. The molecule has 0 bridgehead atoms. The molecule has 230 valence electrons. The molecular weight excluding hydrogens is 581 g/mol. The van der Waals surface area contributed by atoms with Gasteiger partial charge in [0.15, 0.2) is 0 Å². The van der Waals surface area contributed by atoms with Crippen LogP contribution in [-0.4, -0.2) is 51.4 Å². The monoisotopic (exact) mass is 617 g/mol. The van der Waals surface area contributed by atoms with Gasteiger partial charge in [0.05, 0.1) is 17.7 Å². The summed E-state index contributed by atoms with van der Waals surface area (Å²) < 4.78 is 47.9. The van der Waals surface area contributed by atoms with Crippen LogP contribution in [-0.2, 0) is 32.6 Å². The van der Waals surface area contributed by atoms with Crippen LogP contribution in [0.2, 0.25) is 0 Å². The van der Waals surface area contributed by atoms with Gasteiger partial charge in [-0.1, -0.05) is 67.6 Å². The van der Waals surface area contributed by atoms with Crippen molar-refractivity contribution < 1.29 is 27.1 Å². The molecule has 0 saturated carbocycles. The number of anilines is 1. The highest BCUT2D eigenvalue weighted by Gasteiger charge is 2.34. The predicted octanol–water partition coefficient (Wildman–Crippen LogP) is 5.20. The lowest BCUT2D eigenvalue weighted by Crippen LogP contribution is -2.53. The second kappa shape index (κ2) is 15.2. The Kier molecular flexibility index (Phi) is 11.1. The van der Waals surface area contributed by atoms with Crippen LogP contribution in [0.15, 0.2) is 114 Å². The molecule has 0 aliphatic heterocycles. The van der Waals surface area contributed by atoms with Crippen molar-refractivity contribution >= 4 is 27.5 Å². The molecule has 0 heterocycles. The Hall–Kier alpha value is -4.70. The molecule has 2 amide bonds. The van der Waals surface area contributed by atoms with E-state index in [-0.39, 0.29) is 29.5 Å². The number of nitrogens with one attached hydrogen (secondary N) is 1. The molecule has 0 aliphatic rings. The maximum Gasteiger partial charge on any atom is 0.264 e. The van der Waals surface area contributed by atoms with Gasteiger partial charge in [0.25, 0.3) is 10.0 Å². The Balaban J connectivity index is 1.78. The number of nitrogens with zero attached hydrogens (tertiary/aromatic N) is 2. The lowest BCUT2D eigenvalue weighted by molar-refractivity contribution is -0.140. The number of ether oxygens (including phenoxy) is 1. The van der Waals surface area contributed by atoms with Gasteiger partial charge in [-0.2, -0.15) is 0 Å². The lowest BCUT2D eigenvalue weighted by Gasteiger charge is -2.34. The van der Waals surface area contributed by atoms with Gasteiger partial charge in [0.1, 0.15) is 24.2 Å². The van der Waals surface area contributed by atoms with Crippen molar-refractivity contribution in [1.82, 2.24) is 10.2 Å². The summed E-state index contributed by atoms with van der Waals surface area (Å²) in [5.41, 5.74) is 1.79. The number of hydrogen-bond acceptors (Lipinski definition) is 5. The van der Waals surface area contributed by atoms with Crippen LogP contribution in [0.1, 0.15) is 24.5 Å². The Bertz CT molecular complexity index is 1630. The number of carbonyl (C=O) groups excluding carboxylic acids is 2. The molecule has 0 aromatic heterocycles. The summed E-state index contributed by atoms with van der Waals surface area (Å²) in [7, 11) is -2.77. The number of para-hydroxylation sites is 1. The van der Waals surface area contributed by atoms with Crippen molar-refractivity contribution in [2.24, 2.45) is 0 Å². The van der Waals surface area contributed by atoms with Gasteiger partial charge >= 0.3 is 0 Å². The number of carbonyl (C=O) groups is 2. The van der Waals surface area contributed by atoms with Crippen molar-refractivity contribution in [2.45, 2.75) is 37.2 Å². The van der Waals surface area contributed by atoms with Gasteiger partial charge in [-0.15, -0.1) is 0 Å². The van der Waals surface area contributed by atoms with Crippen LogP contribution < -0.4 is 14.4 Å². The van der Waals surface area contributed by atoms with Gasteiger partial charge in [-0.25, -0.2) is 12.8 Å². The maximum absolute atomic E-state index is 14.4. The van der Waals surface area contributed by atoms with Gasteiger partial charge in [-0.3, -0.25) is 13.9 Å². The minimum absolute atomic E-state index is 0.0201. The minimum Gasteiger partial charge on any atom is -0.497 e. The zero-order valence-electron chi connectivity index (χ0n) is 24.7. The van der Waals surface area contributed by atoms with E-state index in [1.165, 1.54) is 12.0 Å². The third-order valence-corrected chi connectivity index (χ3v) is 8.82. The fraction of sp³-hybridized carbons (Fsp3) is 0.235. The van der Waals surface area contributed by atoms with E-state index in [4.69, 9.17) is 4.74 Å². The van der Waals surface area contributed by atoms with E-state index in [9.17, 15) is 22.4 Å². The largest absolute Gasteiger partial charge is 0.497 e. The lowest BCUT2D eigenvalue weighted by atomic mass is 10.0. The van der Waals surface area contributed by atoms with Crippen molar-refractivity contribution in [3.63, 3.8) is 0 Å². The van der Waals surface area contributed by atoms with E-state index >= 15 is 0 Å². The van der Waals surface area contributed by atoms with Crippen molar-refractivity contribution in [2.75, 3.05) is 24.5 Å². The Morgan fingerprint density at radius 3 is 2.14 bits per heavy atom. The van der Waals surface area contributed by atoms with Crippen molar-refractivity contribution in [1.29, 1.82) is 0 Å². The van der Waals surface area contributed by atoms with E-state index < -0.39 is 34.3 Å². The van der Waals surface area contributed by atoms with Crippen molar-refractivity contribution in [3.05, 3.63) is 126 Å². The molecule has 0 saturated heterocycles. The number of benzene rings is 4. The zero-order valence-corrected chi connectivity index (χ0v) is 25.5. The molecule has 4 aromatic rings. The Morgan fingerprint density at radius 1 is 0.864 bits per heavy atom. The highest BCUT2D eigenvalue weighted by molar-refractivity contribution is 7.92. The molecule has 0 spiro atoms. The standard InChI is InChI=1S/C34H36FN3O5S/c1-3-21-36-34(40)32(23-26-11-6-4-7-12-26)37(24-27-13-10-16-30(22-27)43-2)33(39)25-38(29-14-8-5-9-15-29)44(41,42)31-19-17-28(35)18-20-31/h4-20,22,32H,3,21,23-25H2,1-2H3,(H,36,40). The number of hydrogen-bond donors (Lipinski definition) is 1. The van der Waals surface area contributed by atoms with Gasteiger partial charge in [0, 0.05) is 19.5 Å². The van der Waals surface area contributed by atoms with Crippen LogP contribution in [0, 0.1) is 5.82 Å². The summed E-state index contributed by atoms with van der Waals surface area (Å²) in [5, 5.41) is 2.92. The van der Waals surface area contributed by atoms with Crippen LogP contribution in [0.3, 0.4) is 0 Å².